The quantitative estimate of drug-likeness (QED) is 0.0306. The van der Waals surface area contributed by atoms with Gasteiger partial charge in [0.25, 0.3) is 5.79 Å². The maximum Gasteiger partial charge on any atom is 0.364 e. The Morgan fingerprint density at radius 2 is 0.675 bits per heavy atom. The number of carbonyl (C=O) groups is 1. The van der Waals surface area contributed by atoms with Crippen LogP contribution in [0.25, 0.3) is 0 Å². The zero-order chi connectivity index (χ0) is 86.2. The maximum atomic E-state index is 13.0. The van der Waals surface area contributed by atoms with E-state index in [2.05, 4.69) is 0 Å². The fourth-order valence-electron chi connectivity index (χ4n) is 16.0. The minimum Gasteiger partial charge on any atom is -0.477 e. The van der Waals surface area contributed by atoms with Crippen LogP contribution in [-0.2, 0) is 94.8 Å². The van der Waals surface area contributed by atoms with Crippen molar-refractivity contribution < 1.29 is 238 Å². The Labute approximate surface area is 666 Å². The Morgan fingerprint density at radius 3 is 1.10 bits per heavy atom. The Morgan fingerprint density at radius 1 is 0.350 bits per heavy atom. The van der Waals surface area contributed by atoms with Crippen LogP contribution in [0.1, 0.15) is 41.0 Å². The largest absolute Gasteiger partial charge is 0.477 e. The van der Waals surface area contributed by atoms with Crippen LogP contribution in [0.4, 0.5) is 0 Å². The molecular formula is C68H117NO48. The molecule has 0 amide bonds. The van der Waals surface area contributed by atoms with E-state index in [-0.39, 0.29) is 0 Å². The van der Waals surface area contributed by atoms with E-state index < -0.39 is 390 Å². The minimum atomic E-state index is -3.15. The van der Waals surface area contributed by atoms with Crippen LogP contribution in [0, 0.1) is 23.7 Å². The molecule has 49 heteroatoms. The second-order valence-corrected chi connectivity index (χ2v) is 31.3. The predicted octanol–water partition coefficient (Wildman–Crippen LogP) is -17.5. The SMILES string of the molecule is CC1C(O)[C@H](O[C@@H]2OC(CO)[C@H](O)C(O[C@]3(C(=O)O)C[C@@H](O)[C@@H](N)C([C@H](O)[C@H](O)CO)O3)[C@@H]2O)[C@H](CO)O[C@H]1O[C@@H]1C(O)[C@H](O)C(CO)O[C@@H]1OCC1O[C@@H](O[C@@H]2C(CO)O[C@@H](O[C@@H]3C(CO)O[C@@H](C)C(C)[C@H]3O)C(C)[C@H]2O)C(O)[C@@H](O[C@H]2O[C@H](CO)[C@@H](O)C(O)C2O[C@@H]2OC(CO)[C@@H](O[C@@H]3OC(CO)[C@H](O)C(O)[C@@H]3O)C(O)[C@@H]2C)[C@@H]1O. The lowest BCUT2D eigenvalue weighted by atomic mass is 9.88. The highest BCUT2D eigenvalue weighted by molar-refractivity contribution is 5.76. The Bertz CT molecular complexity index is 3020. The van der Waals surface area contributed by atoms with Crippen molar-refractivity contribution in [2.45, 2.75) is 329 Å². The van der Waals surface area contributed by atoms with Gasteiger partial charge in [0.1, 0.15) is 189 Å². The van der Waals surface area contributed by atoms with Crippen molar-refractivity contribution in [3.05, 3.63) is 0 Å². The molecule has 30 N–H and O–H groups in total. The summed E-state index contributed by atoms with van der Waals surface area (Å²) in [7, 11) is 0. The molecule has 49 nitrogen and oxygen atoms in total. The second-order valence-electron chi connectivity index (χ2n) is 31.3. The third-order valence-electron chi connectivity index (χ3n) is 23.7. The van der Waals surface area contributed by atoms with E-state index >= 15 is 0 Å². The smallest absolute Gasteiger partial charge is 0.364 e. The summed E-state index contributed by atoms with van der Waals surface area (Å²) in [4.78, 5) is 13.0. The van der Waals surface area contributed by atoms with Gasteiger partial charge in [-0.2, -0.15) is 0 Å². The fourth-order valence-corrected chi connectivity index (χ4v) is 16.0. The van der Waals surface area contributed by atoms with Gasteiger partial charge >= 0.3 is 5.97 Å². The van der Waals surface area contributed by atoms with Crippen molar-refractivity contribution in [2.75, 3.05) is 66.1 Å². The van der Waals surface area contributed by atoms with Gasteiger partial charge in [-0.1, -0.05) is 27.7 Å². The highest BCUT2D eigenvalue weighted by Gasteiger charge is 2.63. The lowest BCUT2D eigenvalue weighted by Gasteiger charge is -2.51. The summed E-state index contributed by atoms with van der Waals surface area (Å²) in [6, 6.07) is -1.64. The van der Waals surface area contributed by atoms with Gasteiger partial charge in [-0.25, -0.2) is 4.79 Å². The van der Waals surface area contributed by atoms with Gasteiger partial charge in [0, 0.05) is 30.1 Å². The number of rotatable bonds is 31. The van der Waals surface area contributed by atoms with Gasteiger partial charge in [0.15, 0.2) is 50.3 Å². The number of aliphatic hydroxyl groups excluding tert-OH is 27. The molecule has 10 aliphatic heterocycles. The molecule has 0 aromatic rings. The molecule has 0 saturated carbocycles. The normalized spacial score (nSPS) is 52.1. The number of hydrogen-bond donors (Lipinski definition) is 29. The molecule has 10 saturated heterocycles. The monoisotopic (exact) mass is 1720 g/mol. The molecule has 0 bridgehead atoms. The third-order valence-corrected chi connectivity index (χ3v) is 23.7. The summed E-state index contributed by atoms with van der Waals surface area (Å²) in [6.07, 6.45) is -86.6. The average Bonchev–Trinajstić information content (AvgIpc) is 0.756. The molecule has 0 radical (unpaired) electrons. The van der Waals surface area contributed by atoms with E-state index in [1.807, 2.05) is 0 Å². The van der Waals surface area contributed by atoms with Crippen molar-refractivity contribution in [1.29, 1.82) is 0 Å². The van der Waals surface area contributed by atoms with E-state index in [1.54, 1.807) is 13.8 Å². The predicted molar refractivity (Wildman–Crippen MR) is 365 cm³/mol. The van der Waals surface area contributed by atoms with Crippen LogP contribution >= 0.6 is 0 Å². The van der Waals surface area contributed by atoms with Crippen LogP contribution < -0.4 is 5.73 Å². The number of carboxylic acid groups (broad SMARTS) is 1. The number of ether oxygens (including phenoxy) is 19. The molecule has 0 aromatic carbocycles. The molecule has 51 atom stereocenters. The molecule has 682 valence electrons. The number of hydrogen-bond acceptors (Lipinski definition) is 48. The van der Waals surface area contributed by atoms with Crippen molar-refractivity contribution in [2.24, 2.45) is 29.4 Å². The van der Waals surface area contributed by atoms with E-state index in [4.69, 9.17) is 95.7 Å². The summed E-state index contributed by atoms with van der Waals surface area (Å²) in [5, 5.41) is 310. The molecule has 10 heterocycles. The minimum absolute atomic E-state index is 0.554. The van der Waals surface area contributed by atoms with Gasteiger partial charge in [-0.05, 0) is 6.92 Å². The van der Waals surface area contributed by atoms with Gasteiger partial charge in [0.2, 0.25) is 0 Å². The van der Waals surface area contributed by atoms with Crippen molar-refractivity contribution >= 4 is 5.97 Å². The third kappa shape index (κ3) is 20.1. The van der Waals surface area contributed by atoms with Crippen LogP contribution in [0.3, 0.4) is 0 Å². The number of aliphatic hydroxyl groups is 27. The zero-order valence-corrected chi connectivity index (χ0v) is 63.9. The van der Waals surface area contributed by atoms with Crippen molar-refractivity contribution in [3.8, 4) is 0 Å². The standard InChI is InChI=1S/C68H117NO48/c1-17-21(5)100-28(12-75)50(34(17)81)109-59-18(2)35(82)52(30(14-77)105-59)111-63-48(95)55(113-66-58(46(93)41(88)26(10-73)104-66)115-61-20(4)36(83)51(29(13-76)107-61)110-62-47(94)44(91)39(86)24(8-71)101-62)43(90)32(108-63)16-99-65-57(45(92)40(87)25(9-72)103-65)114-60-19(3)37(84)53(31(15-78)106-60)112-64-49(96)56(42(89)27(11-74)102-64)117-68(67(97)98)6-22(79)33(69)54(116-68)38(85)23(80)7-70/h17-66,70-96H,6-16,69H2,1-5H3,(H,97,98)/t17?,18?,19?,20-,21-,22+,23+,24?,25?,26+,27?,28?,29?,30?,31-,32?,33+,34+,35+,36?,37?,38+,39-,40+,41+,42-,43+,44?,45?,46?,47-,48?,49-,50+,51+,52+,53+,54?,55-,56?,57+,58?,59-,60-,61-,62-,63-,64-,65-,66+,68-/m0/s1. The first-order chi connectivity index (χ1) is 55.3. The molecule has 0 spiro atoms. The van der Waals surface area contributed by atoms with Gasteiger partial charge < -0.3 is 239 Å². The highest BCUT2D eigenvalue weighted by Crippen LogP contribution is 2.44. The van der Waals surface area contributed by atoms with E-state index in [9.17, 15) is 148 Å². The second kappa shape index (κ2) is 41.4. The molecule has 0 aliphatic carbocycles. The summed E-state index contributed by atoms with van der Waals surface area (Å²) in [5.74, 6) is -9.78. The molecule has 0 aromatic heterocycles. The Balaban J connectivity index is 0.906. The van der Waals surface area contributed by atoms with Gasteiger partial charge in [-0.15, -0.1) is 0 Å². The van der Waals surface area contributed by atoms with Crippen LogP contribution in [0.15, 0.2) is 0 Å². The highest BCUT2D eigenvalue weighted by atomic mass is 16.8. The molecule has 10 fully saturated rings. The van der Waals surface area contributed by atoms with E-state index in [1.165, 1.54) is 20.8 Å². The molecule has 19 unspecified atom stereocenters. The van der Waals surface area contributed by atoms with Crippen molar-refractivity contribution in [1.82, 2.24) is 0 Å². The lowest BCUT2D eigenvalue weighted by molar-refractivity contribution is -0.402. The Hall–Kier alpha value is -2.41. The Kier molecular flexibility index (Phi) is 34.2. The molecular weight excluding hydrogens is 1600 g/mol. The van der Waals surface area contributed by atoms with Crippen LogP contribution in [0.5, 0.6) is 0 Å². The summed E-state index contributed by atoms with van der Waals surface area (Å²) in [6.45, 7) is -2.83. The lowest BCUT2D eigenvalue weighted by Crippen LogP contribution is -2.70. The average molecular weight is 1720 g/mol. The van der Waals surface area contributed by atoms with E-state index in [0.717, 1.165) is 0 Å². The summed E-state index contributed by atoms with van der Waals surface area (Å²) >= 11 is 0. The summed E-state index contributed by atoms with van der Waals surface area (Å²) < 4.78 is 114. The first kappa shape index (κ1) is 96.8. The van der Waals surface area contributed by atoms with Crippen LogP contribution in [0.2, 0.25) is 0 Å². The van der Waals surface area contributed by atoms with Crippen LogP contribution in [-0.4, -0.2) is 503 Å². The fraction of sp³-hybridized carbons (Fsp3) is 0.985. The number of nitrogens with two attached hydrogens (primary N) is 1. The summed E-state index contributed by atoms with van der Waals surface area (Å²) in [5.41, 5.74) is 6.00. The number of aliphatic carboxylic acids is 1. The van der Waals surface area contributed by atoms with Crippen molar-refractivity contribution in [3.63, 3.8) is 0 Å². The molecule has 10 aliphatic rings. The molecule has 10 rings (SSSR count). The van der Waals surface area contributed by atoms with Gasteiger partial charge in [-0.3, -0.25) is 0 Å². The van der Waals surface area contributed by atoms with E-state index in [0.29, 0.717) is 0 Å². The first-order valence-corrected chi connectivity index (χ1v) is 38.5. The van der Waals surface area contributed by atoms with Gasteiger partial charge in [0.05, 0.1) is 109 Å². The molecule has 117 heavy (non-hydrogen) atoms. The number of carboxylic acids is 1. The first-order valence-electron chi connectivity index (χ1n) is 38.5. The topological polar surface area (TPSA) is 785 Å². The maximum absolute atomic E-state index is 13.0. The zero-order valence-electron chi connectivity index (χ0n) is 63.9.